The van der Waals surface area contributed by atoms with Crippen molar-refractivity contribution in [3.05, 3.63) is 45.2 Å². The summed E-state index contributed by atoms with van der Waals surface area (Å²) in [4.78, 5) is 52.3. The Morgan fingerprint density at radius 1 is 1.26 bits per heavy atom. The van der Waals surface area contributed by atoms with E-state index in [2.05, 4.69) is 15.6 Å². The van der Waals surface area contributed by atoms with Gasteiger partial charge in [0, 0.05) is 13.0 Å². The highest BCUT2D eigenvalue weighted by atomic mass is 32.1. The fourth-order valence-corrected chi connectivity index (χ4v) is 4.17. The molecule has 0 bridgehead atoms. The zero-order chi connectivity index (χ0) is 19.5. The molecule has 4 N–H and O–H groups in total. The molecule has 0 unspecified atom stereocenters. The number of aromatic nitrogens is 2. The highest BCUT2D eigenvalue weighted by Crippen LogP contribution is 2.35. The molecule has 0 fully saturated rings. The first-order valence-corrected chi connectivity index (χ1v) is 8.69. The van der Waals surface area contributed by atoms with Crippen LogP contribution >= 0.6 is 11.3 Å². The van der Waals surface area contributed by atoms with E-state index in [-0.39, 0.29) is 22.9 Å². The van der Waals surface area contributed by atoms with Crippen LogP contribution in [0.3, 0.4) is 0 Å². The topological polar surface area (TPSA) is 136 Å². The van der Waals surface area contributed by atoms with E-state index in [1.54, 1.807) is 19.1 Å². The summed E-state index contributed by atoms with van der Waals surface area (Å²) in [7, 11) is 0. The van der Waals surface area contributed by atoms with Gasteiger partial charge in [-0.1, -0.05) is 17.4 Å². The lowest BCUT2D eigenvalue weighted by molar-refractivity contribution is -0.114. The number of carbonyl (C=O) groups excluding carboxylic acids is 3. The molecule has 0 saturated carbocycles. The normalized spacial score (nSPS) is 13.0. The zero-order valence-corrected chi connectivity index (χ0v) is 15.1. The second kappa shape index (κ2) is 5.74. The van der Waals surface area contributed by atoms with Crippen molar-refractivity contribution >= 4 is 50.2 Å². The van der Waals surface area contributed by atoms with Gasteiger partial charge in [-0.2, -0.15) is 0 Å². The number of rotatable bonds is 2. The van der Waals surface area contributed by atoms with Crippen LogP contribution in [0.1, 0.15) is 33.2 Å². The number of nitrogens with zero attached hydrogens (tertiary/aromatic N) is 2. The van der Waals surface area contributed by atoms with E-state index in [1.165, 1.54) is 22.8 Å². The predicted octanol–water partition coefficient (Wildman–Crippen LogP) is 1.18. The van der Waals surface area contributed by atoms with Gasteiger partial charge in [0.2, 0.25) is 5.91 Å². The van der Waals surface area contributed by atoms with Gasteiger partial charge in [-0.3, -0.25) is 29.1 Å². The maximum absolute atomic E-state index is 12.7. The third kappa shape index (κ3) is 2.49. The first kappa shape index (κ1) is 16.9. The lowest BCUT2D eigenvalue weighted by atomic mass is 10.1. The Balaban J connectivity index is 2.05. The molecule has 1 aliphatic rings. The number of pyridine rings is 1. The number of nitrogen functional groups attached to an aromatic ring is 1. The number of fused-ring (bicyclic) bond motifs is 2. The van der Waals surface area contributed by atoms with Crippen LogP contribution in [0, 0.1) is 6.92 Å². The highest BCUT2D eigenvalue weighted by Gasteiger charge is 2.32. The number of anilines is 2. The molecule has 2 aromatic heterocycles. The van der Waals surface area contributed by atoms with Crippen LogP contribution in [0.25, 0.3) is 15.9 Å². The Bertz CT molecular complexity index is 1240. The molecule has 10 heteroatoms. The van der Waals surface area contributed by atoms with Crippen LogP contribution in [-0.4, -0.2) is 27.3 Å². The largest absolute Gasteiger partial charge is 0.384 e. The van der Waals surface area contributed by atoms with Gasteiger partial charge in [0.25, 0.3) is 17.4 Å². The molecule has 4 rings (SSSR count). The van der Waals surface area contributed by atoms with Crippen molar-refractivity contribution in [3.63, 3.8) is 0 Å². The molecule has 0 aliphatic carbocycles. The summed E-state index contributed by atoms with van der Waals surface area (Å²) in [5.74, 6) is -1.68. The van der Waals surface area contributed by atoms with Crippen molar-refractivity contribution in [2.45, 2.75) is 13.8 Å². The number of nitrogens with one attached hydrogen (secondary N) is 2. The molecule has 3 heterocycles. The number of benzene rings is 1. The summed E-state index contributed by atoms with van der Waals surface area (Å²) < 4.78 is 1.82. The number of imide groups is 1. The summed E-state index contributed by atoms with van der Waals surface area (Å²) in [5.41, 5.74) is 7.28. The summed E-state index contributed by atoms with van der Waals surface area (Å²) in [6.07, 6.45) is 0. The van der Waals surface area contributed by atoms with Crippen molar-refractivity contribution in [3.8, 4) is 5.69 Å². The van der Waals surface area contributed by atoms with E-state index in [0.717, 1.165) is 11.6 Å². The SMILES string of the molecule is CC(=O)Nc1nc2ccc(C)c(-n3c(N)c4c(cc3=O)C(=O)NC4=O)c2s1. The van der Waals surface area contributed by atoms with Gasteiger partial charge in [0.15, 0.2) is 5.13 Å². The molecule has 0 atom stereocenters. The fourth-order valence-electron chi connectivity index (χ4n) is 3.07. The van der Waals surface area contributed by atoms with Gasteiger partial charge in [0.1, 0.15) is 5.82 Å². The Morgan fingerprint density at radius 2 is 2.00 bits per heavy atom. The summed E-state index contributed by atoms with van der Waals surface area (Å²) >= 11 is 1.19. The molecule has 0 saturated heterocycles. The molecule has 0 radical (unpaired) electrons. The number of hydrogen-bond donors (Lipinski definition) is 3. The molecule has 27 heavy (non-hydrogen) atoms. The number of aryl methyl sites for hydroxylation is 1. The minimum atomic E-state index is -0.647. The Morgan fingerprint density at radius 3 is 2.70 bits per heavy atom. The smallest absolute Gasteiger partial charge is 0.262 e. The molecule has 136 valence electrons. The molecule has 9 nitrogen and oxygen atoms in total. The third-order valence-electron chi connectivity index (χ3n) is 4.19. The second-order valence-corrected chi connectivity index (χ2v) is 7.05. The van der Waals surface area contributed by atoms with E-state index in [4.69, 9.17) is 5.73 Å². The molecular formula is C17H13N5O4S. The second-order valence-electron chi connectivity index (χ2n) is 6.05. The third-order valence-corrected chi connectivity index (χ3v) is 5.19. The maximum atomic E-state index is 12.7. The zero-order valence-electron chi connectivity index (χ0n) is 14.2. The lowest BCUT2D eigenvalue weighted by Gasteiger charge is -2.14. The predicted molar refractivity (Wildman–Crippen MR) is 100 cm³/mol. The van der Waals surface area contributed by atoms with Crippen LogP contribution in [0.4, 0.5) is 10.9 Å². The van der Waals surface area contributed by atoms with E-state index >= 15 is 0 Å². The number of carbonyl (C=O) groups is 3. The van der Waals surface area contributed by atoms with E-state index < -0.39 is 17.4 Å². The first-order valence-electron chi connectivity index (χ1n) is 7.87. The van der Waals surface area contributed by atoms with Crippen molar-refractivity contribution in [1.82, 2.24) is 14.9 Å². The molecule has 1 aromatic carbocycles. The molecule has 3 amide bonds. The molecule has 0 spiro atoms. The molecule has 1 aliphatic heterocycles. The Hall–Kier alpha value is -3.53. The number of nitrogens with two attached hydrogens (primary N) is 1. The van der Waals surface area contributed by atoms with Gasteiger partial charge in [-0.05, 0) is 18.6 Å². The van der Waals surface area contributed by atoms with Gasteiger partial charge >= 0.3 is 0 Å². The standard InChI is InChI=1S/C17H13N5O4S/c1-6-3-4-9-13(27-17(20-9)19-7(2)23)12(6)22-10(24)5-8-11(14(22)18)16(26)21-15(8)25/h3-5H,18H2,1-2H3,(H,19,20,23)(H,21,25,26). The van der Waals surface area contributed by atoms with E-state index in [0.29, 0.717) is 21.0 Å². The Labute approximate surface area is 155 Å². The first-order chi connectivity index (χ1) is 12.8. The lowest BCUT2D eigenvalue weighted by Crippen LogP contribution is -2.24. The van der Waals surface area contributed by atoms with Gasteiger partial charge in [-0.25, -0.2) is 4.98 Å². The summed E-state index contributed by atoms with van der Waals surface area (Å²) in [5, 5.41) is 5.14. The van der Waals surface area contributed by atoms with Crippen molar-refractivity contribution in [2.24, 2.45) is 0 Å². The Kier molecular flexibility index (Phi) is 3.60. The fraction of sp³-hybridized carbons (Fsp3) is 0.118. The number of thiazole rings is 1. The number of amides is 3. The van der Waals surface area contributed by atoms with Crippen LogP contribution in [0.2, 0.25) is 0 Å². The van der Waals surface area contributed by atoms with Crippen molar-refractivity contribution in [2.75, 3.05) is 11.1 Å². The quantitative estimate of drug-likeness (QED) is 0.569. The van der Waals surface area contributed by atoms with Crippen LogP contribution in [0.5, 0.6) is 0 Å². The molecule has 3 aromatic rings. The minimum Gasteiger partial charge on any atom is -0.384 e. The van der Waals surface area contributed by atoms with Gasteiger partial charge in [0.05, 0.1) is 27.0 Å². The maximum Gasteiger partial charge on any atom is 0.262 e. The highest BCUT2D eigenvalue weighted by molar-refractivity contribution is 7.22. The van der Waals surface area contributed by atoms with Crippen LogP contribution in [0.15, 0.2) is 23.0 Å². The van der Waals surface area contributed by atoms with Crippen LogP contribution in [-0.2, 0) is 4.79 Å². The summed E-state index contributed by atoms with van der Waals surface area (Å²) in [6, 6.07) is 4.63. The van der Waals surface area contributed by atoms with Crippen molar-refractivity contribution in [1.29, 1.82) is 0 Å². The van der Waals surface area contributed by atoms with E-state index in [9.17, 15) is 19.2 Å². The van der Waals surface area contributed by atoms with Crippen LogP contribution < -0.4 is 21.9 Å². The average molecular weight is 383 g/mol. The minimum absolute atomic E-state index is 0.0254. The summed E-state index contributed by atoms with van der Waals surface area (Å²) in [6.45, 7) is 3.16. The van der Waals surface area contributed by atoms with Crippen molar-refractivity contribution < 1.29 is 14.4 Å². The van der Waals surface area contributed by atoms with Gasteiger partial charge < -0.3 is 11.1 Å². The molecular weight excluding hydrogens is 370 g/mol. The van der Waals surface area contributed by atoms with E-state index in [1.807, 2.05) is 0 Å². The number of hydrogen-bond acceptors (Lipinski definition) is 7. The monoisotopic (exact) mass is 383 g/mol. The van der Waals surface area contributed by atoms with Gasteiger partial charge in [-0.15, -0.1) is 0 Å². The average Bonchev–Trinajstić information content (AvgIpc) is 3.09.